The predicted molar refractivity (Wildman–Crippen MR) is 107 cm³/mol. The third kappa shape index (κ3) is 4.76. The third-order valence-corrected chi connectivity index (χ3v) is 4.70. The molecule has 0 radical (unpaired) electrons. The van der Waals surface area contributed by atoms with Crippen molar-refractivity contribution in [3.8, 4) is 17.2 Å². The van der Waals surface area contributed by atoms with Gasteiger partial charge < -0.3 is 14.1 Å². The second-order valence-electron chi connectivity index (χ2n) is 6.75. The van der Waals surface area contributed by atoms with Gasteiger partial charge in [0.05, 0.1) is 6.54 Å². The molecule has 6 heteroatoms. The first kappa shape index (κ1) is 19.6. The Labute approximate surface area is 165 Å². The van der Waals surface area contributed by atoms with Gasteiger partial charge in [-0.05, 0) is 36.1 Å². The maximum absolute atomic E-state index is 12.5. The monoisotopic (exact) mass is 379 g/mol. The Morgan fingerprint density at radius 2 is 1.82 bits per heavy atom. The highest BCUT2D eigenvalue weighted by molar-refractivity contribution is 5.77. The van der Waals surface area contributed by atoms with Crippen molar-refractivity contribution < 1.29 is 13.9 Å². The molecule has 2 aromatic carbocycles. The molecule has 1 atom stereocenters. The van der Waals surface area contributed by atoms with Gasteiger partial charge in [0.1, 0.15) is 5.75 Å². The molecule has 1 amide bonds. The molecule has 0 spiro atoms. The quantitative estimate of drug-likeness (QED) is 0.584. The lowest BCUT2D eigenvalue weighted by Crippen LogP contribution is -2.31. The molecule has 1 heterocycles. The van der Waals surface area contributed by atoms with E-state index in [4.69, 9.17) is 9.15 Å². The summed E-state index contributed by atoms with van der Waals surface area (Å²) in [7, 11) is 1.69. The first-order valence-electron chi connectivity index (χ1n) is 9.42. The van der Waals surface area contributed by atoms with Crippen LogP contribution in [0.3, 0.4) is 0 Å². The lowest BCUT2D eigenvalue weighted by atomic mass is 9.98. The van der Waals surface area contributed by atoms with Gasteiger partial charge in [-0.25, -0.2) is 0 Å². The average molecular weight is 379 g/mol. The number of likely N-dealkylation sites (N-methyl/N-ethyl adjacent to an activating group) is 1. The summed E-state index contributed by atoms with van der Waals surface area (Å²) in [5, 5.41) is 8.08. The minimum Gasteiger partial charge on any atom is -0.483 e. The Kier molecular flexibility index (Phi) is 6.42. The van der Waals surface area contributed by atoms with Gasteiger partial charge in [0.25, 0.3) is 5.91 Å². The van der Waals surface area contributed by atoms with Gasteiger partial charge in [0.2, 0.25) is 11.8 Å². The number of benzene rings is 2. The Bertz CT molecular complexity index is 908. The van der Waals surface area contributed by atoms with Crippen molar-refractivity contribution in [3.05, 3.63) is 66.1 Å². The molecule has 3 rings (SSSR count). The molecule has 1 unspecified atom stereocenters. The number of ether oxygens (including phenoxy) is 1. The van der Waals surface area contributed by atoms with E-state index in [1.165, 1.54) is 4.90 Å². The SMILES string of the molecule is CCC(C)c1ccccc1OCC(=O)N(C)Cc1nnc(-c2ccccc2)o1. The summed E-state index contributed by atoms with van der Waals surface area (Å²) >= 11 is 0. The Hall–Kier alpha value is -3.15. The Morgan fingerprint density at radius 1 is 1.11 bits per heavy atom. The van der Waals surface area contributed by atoms with Crippen molar-refractivity contribution in [1.82, 2.24) is 15.1 Å². The van der Waals surface area contributed by atoms with Crippen LogP contribution in [0.25, 0.3) is 11.5 Å². The van der Waals surface area contributed by atoms with Gasteiger partial charge in [-0.3, -0.25) is 4.79 Å². The molecular formula is C22H25N3O3. The van der Waals surface area contributed by atoms with E-state index in [1.54, 1.807) is 7.05 Å². The smallest absolute Gasteiger partial charge is 0.260 e. The normalized spacial score (nSPS) is 11.8. The molecule has 146 valence electrons. The number of carbonyl (C=O) groups is 1. The first-order chi connectivity index (χ1) is 13.6. The number of amides is 1. The maximum Gasteiger partial charge on any atom is 0.260 e. The van der Waals surface area contributed by atoms with E-state index in [2.05, 4.69) is 24.0 Å². The number of hydrogen-bond acceptors (Lipinski definition) is 5. The summed E-state index contributed by atoms with van der Waals surface area (Å²) in [6.07, 6.45) is 1.01. The average Bonchev–Trinajstić information content (AvgIpc) is 3.20. The van der Waals surface area contributed by atoms with Crippen LogP contribution in [0, 0.1) is 0 Å². The van der Waals surface area contributed by atoms with Gasteiger partial charge >= 0.3 is 0 Å². The van der Waals surface area contributed by atoms with E-state index in [1.807, 2.05) is 54.6 Å². The number of para-hydroxylation sites is 1. The minimum absolute atomic E-state index is 0.0381. The lowest BCUT2D eigenvalue weighted by molar-refractivity contribution is -0.132. The highest BCUT2D eigenvalue weighted by atomic mass is 16.5. The predicted octanol–water partition coefficient (Wildman–Crippen LogP) is 4.29. The largest absolute Gasteiger partial charge is 0.483 e. The highest BCUT2D eigenvalue weighted by Crippen LogP contribution is 2.28. The molecule has 0 aliphatic carbocycles. The van der Waals surface area contributed by atoms with Crippen LogP contribution in [-0.2, 0) is 11.3 Å². The van der Waals surface area contributed by atoms with Crippen LogP contribution < -0.4 is 4.74 Å². The summed E-state index contributed by atoms with van der Waals surface area (Å²) in [5.41, 5.74) is 1.96. The summed E-state index contributed by atoms with van der Waals surface area (Å²) in [5.74, 6) is 1.80. The second-order valence-corrected chi connectivity index (χ2v) is 6.75. The van der Waals surface area contributed by atoms with Crippen molar-refractivity contribution in [1.29, 1.82) is 0 Å². The van der Waals surface area contributed by atoms with Crippen LogP contribution in [-0.4, -0.2) is 34.7 Å². The zero-order chi connectivity index (χ0) is 19.9. The number of carbonyl (C=O) groups excluding carboxylic acids is 1. The fourth-order valence-corrected chi connectivity index (χ4v) is 2.79. The van der Waals surface area contributed by atoms with Crippen molar-refractivity contribution in [2.45, 2.75) is 32.7 Å². The summed E-state index contributed by atoms with van der Waals surface area (Å²) in [6.45, 7) is 4.48. The first-order valence-corrected chi connectivity index (χ1v) is 9.42. The number of rotatable bonds is 8. The van der Waals surface area contributed by atoms with E-state index >= 15 is 0 Å². The van der Waals surface area contributed by atoms with E-state index < -0.39 is 0 Å². The molecule has 28 heavy (non-hydrogen) atoms. The molecular weight excluding hydrogens is 354 g/mol. The molecule has 0 N–H and O–H groups in total. The topological polar surface area (TPSA) is 68.5 Å². The third-order valence-electron chi connectivity index (χ3n) is 4.70. The van der Waals surface area contributed by atoms with Crippen LogP contribution in [0.5, 0.6) is 5.75 Å². The molecule has 0 aliphatic heterocycles. The highest BCUT2D eigenvalue weighted by Gasteiger charge is 2.16. The minimum atomic E-state index is -0.154. The second kappa shape index (κ2) is 9.17. The maximum atomic E-state index is 12.5. The Morgan fingerprint density at radius 3 is 2.57 bits per heavy atom. The number of aromatic nitrogens is 2. The molecule has 0 fully saturated rings. The molecule has 0 bridgehead atoms. The number of hydrogen-bond donors (Lipinski definition) is 0. The fraction of sp³-hybridized carbons (Fsp3) is 0.318. The molecule has 6 nitrogen and oxygen atoms in total. The Balaban J connectivity index is 1.58. The molecule has 1 aromatic heterocycles. The van der Waals surface area contributed by atoms with Crippen molar-refractivity contribution in [2.24, 2.45) is 0 Å². The summed E-state index contributed by atoms with van der Waals surface area (Å²) in [6, 6.07) is 17.4. The van der Waals surface area contributed by atoms with Crippen LogP contribution >= 0.6 is 0 Å². The molecule has 0 aliphatic rings. The van der Waals surface area contributed by atoms with Crippen LogP contribution in [0.2, 0.25) is 0 Å². The zero-order valence-corrected chi connectivity index (χ0v) is 16.5. The zero-order valence-electron chi connectivity index (χ0n) is 16.5. The lowest BCUT2D eigenvalue weighted by Gasteiger charge is -2.18. The molecule has 0 saturated carbocycles. The van der Waals surface area contributed by atoms with Gasteiger partial charge in [-0.15, -0.1) is 10.2 Å². The van der Waals surface area contributed by atoms with E-state index in [0.717, 1.165) is 23.3 Å². The fourth-order valence-electron chi connectivity index (χ4n) is 2.79. The van der Waals surface area contributed by atoms with Crippen molar-refractivity contribution in [3.63, 3.8) is 0 Å². The van der Waals surface area contributed by atoms with Gasteiger partial charge in [0, 0.05) is 12.6 Å². The van der Waals surface area contributed by atoms with Gasteiger partial charge in [0.15, 0.2) is 6.61 Å². The van der Waals surface area contributed by atoms with Crippen molar-refractivity contribution >= 4 is 5.91 Å². The van der Waals surface area contributed by atoms with Crippen LogP contribution in [0.4, 0.5) is 0 Å². The van der Waals surface area contributed by atoms with E-state index in [9.17, 15) is 4.79 Å². The number of nitrogens with zero attached hydrogens (tertiary/aromatic N) is 3. The summed E-state index contributed by atoms with van der Waals surface area (Å²) < 4.78 is 11.5. The van der Waals surface area contributed by atoms with Crippen molar-refractivity contribution in [2.75, 3.05) is 13.7 Å². The standard InChI is InChI=1S/C22H25N3O3/c1-4-16(2)18-12-8-9-13-19(18)27-15-21(26)25(3)14-20-23-24-22(28-20)17-10-6-5-7-11-17/h5-13,16H,4,14-15H2,1-3H3. The van der Waals surface area contributed by atoms with E-state index in [-0.39, 0.29) is 19.1 Å². The van der Waals surface area contributed by atoms with Crippen LogP contribution in [0.1, 0.15) is 37.6 Å². The van der Waals surface area contributed by atoms with Gasteiger partial charge in [-0.2, -0.15) is 0 Å². The summed E-state index contributed by atoms with van der Waals surface area (Å²) in [4.78, 5) is 14.0. The molecule has 3 aromatic rings. The van der Waals surface area contributed by atoms with E-state index in [0.29, 0.717) is 17.7 Å². The molecule has 0 saturated heterocycles. The van der Waals surface area contributed by atoms with Crippen LogP contribution in [0.15, 0.2) is 59.0 Å². The van der Waals surface area contributed by atoms with Gasteiger partial charge in [-0.1, -0.05) is 50.2 Å².